The van der Waals surface area contributed by atoms with Crippen molar-refractivity contribution in [2.24, 2.45) is 41.2 Å². The lowest BCUT2D eigenvalue weighted by molar-refractivity contribution is -0.124. The summed E-state index contributed by atoms with van der Waals surface area (Å²) >= 11 is 9.08. The van der Waals surface area contributed by atoms with E-state index >= 15 is 0 Å². The first-order valence-corrected chi connectivity index (χ1v) is 56.7. The van der Waals surface area contributed by atoms with Crippen LogP contribution in [0.3, 0.4) is 0 Å². The predicted molar refractivity (Wildman–Crippen MR) is 552 cm³/mol. The number of carbonyl (C=O) groups is 3. The van der Waals surface area contributed by atoms with Crippen molar-refractivity contribution in [1.82, 2.24) is 69.1 Å². The SMILES string of the molecule is CC1CCc2c(sc3ncnc(N4CCC5(CC4)NC(=O)NC5=O)c23)C1.CC1CCc2c(sc3ncnc(N4CCN(S(=O)(=O)c5ccc(C(C)(C)C)cc5)CC4)c23)C1.CC1CCc2sc3ncnc(N4CCC(C(N)=O)CC4)c3c2C1.CC1CCc2sc3ncnc(NC4CCCC(O)C4)c3c2C1.CCC(C)c1ccc(S(=O)(=O)N2CCN(c3ncnc4sc5c(c34)CCC(C)C5)CC2)cc1. The monoisotopic (exact) mass is 1990 g/mol. The molecule has 28 nitrogen and oxygen atoms in total. The van der Waals surface area contributed by atoms with Crippen LogP contribution >= 0.6 is 56.7 Å². The lowest BCUT2D eigenvalue weighted by Crippen LogP contribution is -2.55. The molecule has 6 N–H and O–H groups in total. The smallest absolute Gasteiger partial charge is 0.322 e. The first-order chi connectivity index (χ1) is 65.9. The molecule has 137 heavy (non-hydrogen) atoms. The standard InChI is InChI=1S/2C25H32N4O2S2.C18H21N5O2S.C17H22N4OS.C17H23N3OS/c1-17-5-10-20-21(15-17)32-24-22(20)23(26-16-27-24)28-11-13-29(14-12-28)33(30,31)19-8-6-18(7-9-19)25(2,3)4;1-4-18(3)19-6-8-20(9-7-19)33(30,31)29-13-11-28(12-14-29)24-23-21-10-5-17(2)15-22(21)32-25(23)27-16-26-24;1-10-2-3-11-12(8-10)26-15-13(11)14(19-9-20-15)23-6-4-18(5-7-23)16(24)21-17(25)22-18;1-10-2-3-13-12(8-10)14-16(19-9-20-17(14)23-13)21-6-4-11(5-7-21)15(18)22;1-10-5-6-14-13(7-10)15-16(18-9-19-17(15)22-14)20-11-3-2-4-12(21)8-11/h6-9,16-17H,5,10-15H2,1-4H3;6-9,16-18H,4-5,10-15H2,1-3H3;9-10H,2-8H2,1H3,(H2,21,22,24,25);9-11H,2-8H2,1H3,(H2,18,22);9-12,21H,2-8H2,1H3,(H,18,19,20). The number of aliphatic hydroxyl groups is 1. The van der Waals surface area contributed by atoms with Gasteiger partial charge >= 0.3 is 6.03 Å². The predicted octanol–water partition coefficient (Wildman–Crippen LogP) is 17.5. The van der Waals surface area contributed by atoms with E-state index in [9.17, 15) is 36.3 Å². The highest BCUT2D eigenvalue weighted by atomic mass is 32.2. The topological polar surface area (TPSA) is 350 Å². The molecule has 5 aliphatic heterocycles. The second-order valence-electron chi connectivity index (χ2n) is 41.4. The van der Waals surface area contributed by atoms with Gasteiger partial charge in [0.05, 0.1) is 42.8 Å². The number of anilines is 5. The van der Waals surface area contributed by atoms with Crippen LogP contribution in [0.2, 0.25) is 0 Å². The maximum Gasteiger partial charge on any atom is 0.322 e. The zero-order valence-electron chi connectivity index (χ0n) is 80.6. The molecule has 0 radical (unpaired) electrons. The molecule has 1 spiro atoms. The number of nitrogens with one attached hydrogen (secondary N) is 3. The molecular formula is C102H130N20O8S7. The number of hydrogen-bond acceptors (Lipinski definition) is 28. The molecule has 1 saturated carbocycles. The van der Waals surface area contributed by atoms with Crippen LogP contribution < -0.4 is 41.3 Å². The second kappa shape index (κ2) is 40.4. The summed E-state index contributed by atoms with van der Waals surface area (Å²) in [6.45, 7) is 29.8. The van der Waals surface area contributed by atoms with Crippen LogP contribution in [0, 0.1) is 35.5 Å². The van der Waals surface area contributed by atoms with Crippen LogP contribution in [0.5, 0.6) is 0 Å². The van der Waals surface area contributed by atoms with Crippen molar-refractivity contribution in [1.29, 1.82) is 0 Å². The lowest BCUT2D eigenvalue weighted by Gasteiger charge is -2.37. The van der Waals surface area contributed by atoms with Crippen molar-refractivity contribution in [2.45, 2.75) is 262 Å². The van der Waals surface area contributed by atoms with Crippen molar-refractivity contribution in [3.05, 3.63) is 143 Å². The molecule has 6 aliphatic carbocycles. The van der Waals surface area contributed by atoms with Gasteiger partial charge in [-0.05, 0) is 258 Å². The summed E-state index contributed by atoms with van der Waals surface area (Å²) in [7, 11) is -7.00. The number of primary amides is 1. The van der Waals surface area contributed by atoms with E-state index in [2.05, 4.69) is 155 Å². The number of aryl methyl sites for hydroxylation is 5. The summed E-state index contributed by atoms with van der Waals surface area (Å²) in [6, 6.07) is 14.7. The van der Waals surface area contributed by atoms with Gasteiger partial charge in [-0.3, -0.25) is 14.9 Å². The molecule has 10 aromatic heterocycles. The molecule has 5 saturated heterocycles. The Hall–Kier alpha value is -9.17. The number of aromatic nitrogens is 10. The first-order valence-electron chi connectivity index (χ1n) is 49.8. The fraction of sp³-hybridized carbons (Fsp3) is 0.559. The number of urea groups is 1. The third-order valence-electron chi connectivity index (χ3n) is 30.6. The summed E-state index contributed by atoms with van der Waals surface area (Å²) in [5, 5.41) is 24.8. The highest BCUT2D eigenvalue weighted by Gasteiger charge is 2.49. The third-order valence-corrected chi connectivity index (χ3v) is 40.3. The van der Waals surface area contributed by atoms with Gasteiger partial charge in [-0.1, -0.05) is 93.5 Å². The number of piperazine rings is 2. The molecule has 35 heteroatoms. The van der Waals surface area contributed by atoms with E-state index in [0.717, 1.165) is 192 Å². The number of nitrogens with two attached hydrogens (primary N) is 1. The van der Waals surface area contributed by atoms with Gasteiger partial charge in [-0.2, -0.15) is 8.61 Å². The van der Waals surface area contributed by atoms with E-state index in [1.807, 2.05) is 46.9 Å². The molecule has 23 rings (SSSR count). The quantitative estimate of drug-likeness (QED) is 0.0669. The second-order valence-corrected chi connectivity index (χ2v) is 50.7. The molecule has 4 amide bonds. The van der Waals surface area contributed by atoms with E-state index in [1.165, 1.54) is 130 Å². The highest BCUT2D eigenvalue weighted by molar-refractivity contribution is 7.89. The van der Waals surface area contributed by atoms with Crippen molar-refractivity contribution in [3.8, 4) is 0 Å². The molecule has 15 heterocycles. The molecule has 12 aromatic rings. The van der Waals surface area contributed by atoms with Crippen LogP contribution in [0.1, 0.15) is 228 Å². The zero-order chi connectivity index (χ0) is 95.5. The minimum Gasteiger partial charge on any atom is -0.393 e. The van der Waals surface area contributed by atoms with Crippen molar-refractivity contribution >= 4 is 175 Å². The first kappa shape index (κ1) is 96.7. The average Bonchev–Trinajstić information content (AvgIpc) is 1.64. The van der Waals surface area contributed by atoms with E-state index in [1.54, 1.807) is 98.5 Å². The zero-order valence-corrected chi connectivity index (χ0v) is 86.3. The summed E-state index contributed by atoms with van der Waals surface area (Å²) in [4.78, 5) is 103. The van der Waals surface area contributed by atoms with Crippen LogP contribution in [0.15, 0.2) is 90.0 Å². The van der Waals surface area contributed by atoms with E-state index in [0.29, 0.717) is 106 Å². The number of aliphatic hydroxyl groups excluding tert-OH is 1. The summed E-state index contributed by atoms with van der Waals surface area (Å²) in [6.07, 6.45) is 33.4. The van der Waals surface area contributed by atoms with Gasteiger partial charge in [0.2, 0.25) is 26.0 Å². The van der Waals surface area contributed by atoms with E-state index in [4.69, 9.17) is 5.73 Å². The molecular weight excluding hydrogens is 1860 g/mol. The van der Waals surface area contributed by atoms with Gasteiger partial charge in [0.25, 0.3) is 5.91 Å². The van der Waals surface area contributed by atoms with Crippen molar-refractivity contribution in [2.75, 3.05) is 103 Å². The molecule has 728 valence electrons. The van der Waals surface area contributed by atoms with Gasteiger partial charge in [0, 0.05) is 115 Å². The van der Waals surface area contributed by atoms with Gasteiger partial charge < -0.3 is 41.1 Å². The highest BCUT2D eigenvalue weighted by Crippen LogP contribution is 2.48. The number of rotatable bonds is 13. The minimum atomic E-state index is -3.51. The third kappa shape index (κ3) is 20.2. The number of benzene rings is 2. The van der Waals surface area contributed by atoms with Crippen LogP contribution in [-0.4, -0.2) is 194 Å². The minimum absolute atomic E-state index is 0.00428. The Balaban J connectivity index is 0.000000111. The molecule has 6 fully saturated rings. The maximum absolute atomic E-state index is 13.3. The Bertz CT molecular complexity index is 6680. The Morgan fingerprint density at radius 1 is 0.474 bits per heavy atom. The van der Waals surface area contributed by atoms with Gasteiger partial charge in [-0.25, -0.2) is 71.5 Å². The number of thiophene rings is 5. The fourth-order valence-corrected chi connectivity index (χ4v) is 31.4. The molecule has 2 aromatic carbocycles. The normalized spacial score (nSPS) is 22.9. The van der Waals surface area contributed by atoms with Crippen molar-refractivity contribution < 1.29 is 36.3 Å². The van der Waals surface area contributed by atoms with E-state index < -0.39 is 25.6 Å². The summed E-state index contributed by atoms with van der Waals surface area (Å²) in [5.74, 6) is 8.69. The molecule has 8 unspecified atom stereocenters. The molecule has 11 aliphatic rings. The van der Waals surface area contributed by atoms with Gasteiger partial charge in [-0.15, -0.1) is 56.7 Å². The Morgan fingerprint density at radius 2 is 0.854 bits per heavy atom. The molecule has 8 atom stereocenters. The number of nitrogens with zero attached hydrogens (tertiary/aromatic N) is 16. The van der Waals surface area contributed by atoms with Crippen LogP contribution in [0.4, 0.5) is 33.9 Å². The Labute approximate surface area is 824 Å². The van der Waals surface area contributed by atoms with E-state index in [-0.39, 0.29) is 35.3 Å². The lowest BCUT2D eigenvalue weighted by atomic mass is 9.87. The summed E-state index contributed by atoms with van der Waals surface area (Å²) < 4.78 is 56.3. The molecule has 0 bridgehead atoms. The van der Waals surface area contributed by atoms with Gasteiger partial charge in [0.1, 0.15) is 90.4 Å². The number of carbonyl (C=O) groups excluding carboxylic acids is 3. The van der Waals surface area contributed by atoms with Gasteiger partial charge in [0.15, 0.2) is 0 Å². The number of fused-ring (bicyclic) bond motifs is 15. The Kier molecular flexibility index (Phi) is 28.5. The number of sulfonamides is 2. The number of imide groups is 1. The van der Waals surface area contributed by atoms with Crippen LogP contribution in [-0.2, 0) is 99.3 Å². The average molecular weight is 1990 g/mol. The van der Waals surface area contributed by atoms with Crippen LogP contribution in [0.25, 0.3) is 51.1 Å². The number of piperidine rings is 2. The fourth-order valence-electron chi connectivity index (χ4n) is 22.1. The number of amides is 4. The van der Waals surface area contributed by atoms with Crippen molar-refractivity contribution in [3.63, 3.8) is 0 Å². The largest absolute Gasteiger partial charge is 0.393 e. The number of hydrogen-bond donors (Lipinski definition) is 5. The maximum atomic E-state index is 13.3. The summed E-state index contributed by atoms with van der Waals surface area (Å²) in [5.41, 5.74) is 14.2. The Morgan fingerprint density at radius 3 is 1.26 bits per heavy atom.